The summed E-state index contributed by atoms with van der Waals surface area (Å²) in [5.74, 6) is -11.3. The van der Waals surface area contributed by atoms with Gasteiger partial charge in [-0.05, 0) is 111 Å². The number of rotatable bonds is 21. The molecule has 3 aromatic carbocycles. The molecule has 2 aliphatic heterocycles. The Bertz CT molecular complexity index is 3340. The fraction of sp³-hybridized carbons (Fsp3) is 0.508. The van der Waals surface area contributed by atoms with Crippen LogP contribution in [0.4, 0.5) is 0 Å². The lowest BCUT2D eigenvalue weighted by atomic mass is 10.00. The van der Waals surface area contributed by atoms with Gasteiger partial charge in [0, 0.05) is 86.8 Å². The summed E-state index contributed by atoms with van der Waals surface area (Å²) >= 11 is 0. The van der Waals surface area contributed by atoms with Gasteiger partial charge in [0.25, 0.3) is 0 Å². The Hall–Kier alpha value is -8.94. The zero-order valence-electron chi connectivity index (χ0n) is 53.9. The largest absolute Gasteiger partial charge is 0.508 e. The number of amides is 11. The molecule has 0 spiro atoms. The number of fused-ring (bicyclic) bond motifs is 1. The number of phenols is 2. The van der Waals surface area contributed by atoms with Gasteiger partial charge in [-0.3, -0.25) is 57.5 Å². The van der Waals surface area contributed by atoms with E-state index in [1.807, 2.05) is 18.2 Å². The highest BCUT2D eigenvalue weighted by molar-refractivity contribution is 8.76. The summed E-state index contributed by atoms with van der Waals surface area (Å²) in [7, 11) is 1.81. The number of hydrogen-bond acceptors (Lipinski definition) is 18. The number of benzene rings is 3. The number of aromatic nitrogens is 1. The molecule has 6 rings (SSSR count). The molecule has 19 N–H and O–H groups in total. The highest BCUT2D eigenvalue weighted by Crippen LogP contribution is 2.25. The topological polar surface area (TPSA) is 471 Å². The number of carboxylic acid groups (broad SMARTS) is 1. The summed E-state index contributed by atoms with van der Waals surface area (Å²) in [5, 5.41) is 55.2. The van der Waals surface area contributed by atoms with Crippen molar-refractivity contribution in [3.63, 3.8) is 0 Å². The molecule has 9 atom stereocenters. The number of para-hydroxylation sites is 1. The molecule has 96 heavy (non-hydrogen) atoms. The van der Waals surface area contributed by atoms with E-state index < -0.39 is 138 Å². The molecule has 3 heterocycles. The number of nitrogens with zero attached hydrogens (tertiary/aromatic N) is 1. The van der Waals surface area contributed by atoms with Crippen LogP contribution in [-0.4, -0.2) is 188 Å². The number of aromatic hydroxyl groups is 2. The smallest absolute Gasteiger partial charge is 0.303 e. The minimum atomic E-state index is -1.59. The van der Waals surface area contributed by atoms with Crippen LogP contribution in [0, 0.1) is 5.92 Å². The van der Waals surface area contributed by atoms with Crippen molar-refractivity contribution in [2.24, 2.45) is 23.1 Å². The van der Waals surface area contributed by atoms with Crippen molar-refractivity contribution in [3.8, 4) is 11.5 Å². The van der Waals surface area contributed by atoms with Gasteiger partial charge >= 0.3 is 5.97 Å². The zero-order chi connectivity index (χ0) is 69.8. The van der Waals surface area contributed by atoms with E-state index in [9.17, 15) is 72.9 Å². The van der Waals surface area contributed by atoms with Gasteiger partial charge in [-0.25, -0.2) is 0 Å². The number of carboxylic acids is 1. The van der Waals surface area contributed by atoms with Crippen molar-refractivity contribution in [1.29, 1.82) is 0 Å². The Labute approximate surface area is 564 Å². The molecule has 522 valence electrons. The summed E-state index contributed by atoms with van der Waals surface area (Å²) in [4.78, 5) is 172. The maximum atomic E-state index is 14.9. The Kier molecular flexibility index (Phi) is 30.6. The van der Waals surface area contributed by atoms with Gasteiger partial charge in [-0.1, -0.05) is 84.3 Å². The Balaban J connectivity index is 1.35. The fourth-order valence-electron chi connectivity index (χ4n) is 11.0. The molecular formula is C65H90N14O15S2. The molecule has 0 unspecified atom stereocenters. The van der Waals surface area contributed by atoms with Crippen LogP contribution in [0.2, 0.25) is 0 Å². The highest BCUT2D eigenvalue weighted by atomic mass is 33.1. The van der Waals surface area contributed by atoms with E-state index in [-0.39, 0.29) is 93.5 Å². The van der Waals surface area contributed by atoms with Gasteiger partial charge in [-0.15, -0.1) is 0 Å². The van der Waals surface area contributed by atoms with Crippen molar-refractivity contribution in [3.05, 3.63) is 95.7 Å². The van der Waals surface area contributed by atoms with E-state index in [1.165, 1.54) is 53.4 Å². The molecule has 2 aliphatic rings. The molecule has 0 saturated carbocycles. The first-order valence-corrected chi connectivity index (χ1v) is 34.7. The van der Waals surface area contributed by atoms with Crippen LogP contribution in [0.3, 0.4) is 0 Å². The number of aliphatic carboxylic acids is 1. The second-order valence-corrected chi connectivity index (χ2v) is 26.6. The van der Waals surface area contributed by atoms with Gasteiger partial charge in [0.2, 0.25) is 65.0 Å². The summed E-state index contributed by atoms with van der Waals surface area (Å²) in [5.41, 5.74) is 19.7. The predicted octanol–water partition coefficient (Wildman–Crippen LogP) is 0.0319. The molecule has 11 amide bonds. The molecular weight excluding hydrogens is 1280 g/mol. The number of H-pyrrole nitrogens is 1. The molecule has 4 aromatic rings. The molecule has 2 saturated heterocycles. The first-order chi connectivity index (χ1) is 45.9. The van der Waals surface area contributed by atoms with Crippen molar-refractivity contribution in [2.45, 2.75) is 165 Å². The third-order valence-electron chi connectivity index (χ3n) is 16.3. The minimum absolute atomic E-state index is 0.0295. The summed E-state index contributed by atoms with van der Waals surface area (Å²) in [6.07, 6.45) is 3.02. The maximum absolute atomic E-state index is 14.9. The lowest BCUT2D eigenvalue weighted by Crippen LogP contribution is -2.61. The van der Waals surface area contributed by atoms with Crippen molar-refractivity contribution < 1.29 is 72.9 Å². The van der Waals surface area contributed by atoms with E-state index in [1.54, 1.807) is 26.1 Å². The summed E-state index contributed by atoms with van der Waals surface area (Å²) < 4.78 is 0. The van der Waals surface area contributed by atoms with Crippen LogP contribution in [-0.2, 0) is 76.8 Å². The Morgan fingerprint density at radius 2 is 1.29 bits per heavy atom. The van der Waals surface area contributed by atoms with E-state index in [2.05, 4.69) is 52.8 Å². The Morgan fingerprint density at radius 1 is 0.656 bits per heavy atom. The number of unbranched alkanes of at least 4 members (excludes halogenated alkanes) is 1. The predicted molar refractivity (Wildman–Crippen MR) is 360 cm³/mol. The van der Waals surface area contributed by atoms with Gasteiger partial charge in [0.1, 0.15) is 65.9 Å². The first-order valence-electron chi connectivity index (χ1n) is 32.2. The van der Waals surface area contributed by atoms with Crippen molar-refractivity contribution in [1.82, 2.24) is 57.7 Å². The molecule has 29 nitrogen and oxygen atoms in total. The normalized spacial score (nSPS) is 22.4. The quantitative estimate of drug-likeness (QED) is 0.0387. The zero-order valence-corrected chi connectivity index (χ0v) is 55.5. The monoisotopic (exact) mass is 1370 g/mol. The SMILES string of the molecule is CC(C)[C@@H]1NC(=O)[C@@H](NC(=O)[C@H](Cc2ccc(O)cc2)NC(=O)[C@H]2CCCN2C(=O)CCN)CSSC[C@@H](C(N)=O)NC(=O)[C@H](CCC(=O)O)NC(=O)[C@H](Cc2c[nH]c3ccccc23)NC(=O)CCCCCNC(=O)[C@H](CCCCN)NC(=O)[C@H](Cc2ccc(O)cc2)NC1=O. The summed E-state index contributed by atoms with van der Waals surface area (Å²) in [6.45, 7) is 3.94. The highest BCUT2D eigenvalue weighted by Gasteiger charge is 2.39. The maximum Gasteiger partial charge on any atom is 0.303 e. The lowest BCUT2D eigenvalue weighted by molar-refractivity contribution is -0.139. The lowest BCUT2D eigenvalue weighted by Gasteiger charge is -2.29. The van der Waals surface area contributed by atoms with E-state index in [0.29, 0.717) is 61.8 Å². The van der Waals surface area contributed by atoms with Crippen molar-refractivity contribution in [2.75, 3.05) is 37.7 Å². The van der Waals surface area contributed by atoms with Crippen LogP contribution in [0.15, 0.2) is 79.0 Å². The molecule has 0 bridgehead atoms. The average molecular weight is 1370 g/mol. The van der Waals surface area contributed by atoms with Crippen molar-refractivity contribution >= 4 is 103 Å². The van der Waals surface area contributed by atoms with Crippen LogP contribution in [0.1, 0.15) is 108 Å². The third-order valence-corrected chi connectivity index (χ3v) is 18.8. The van der Waals surface area contributed by atoms with Gasteiger partial charge in [0.05, 0.1) is 0 Å². The van der Waals surface area contributed by atoms with E-state index in [4.69, 9.17) is 17.2 Å². The number of carbonyl (C=O) groups is 12. The second kappa shape index (κ2) is 38.6. The number of nitrogens with one attached hydrogen (secondary N) is 10. The molecule has 0 radical (unpaired) electrons. The number of nitrogens with two attached hydrogens (primary N) is 3. The summed E-state index contributed by atoms with van der Waals surface area (Å²) in [6, 6.07) is 6.52. The van der Waals surface area contributed by atoms with Crippen LogP contribution < -0.4 is 65.1 Å². The number of primary amides is 1. The Morgan fingerprint density at radius 3 is 1.95 bits per heavy atom. The third kappa shape index (κ3) is 24.1. The molecule has 2 fully saturated rings. The number of aromatic amines is 1. The average Bonchev–Trinajstić information content (AvgIpc) is 1.64. The number of hydrogen-bond donors (Lipinski definition) is 16. The number of likely N-dealkylation sites (tertiary alicyclic amines) is 1. The van der Waals surface area contributed by atoms with Gasteiger partial charge < -0.3 is 90.3 Å². The van der Waals surface area contributed by atoms with Gasteiger partial charge in [-0.2, -0.15) is 0 Å². The van der Waals surface area contributed by atoms with Crippen LogP contribution in [0.25, 0.3) is 10.9 Å². The van der Waals surface area contributed by atoms with Gasteiger partial charge in [0.15, 0.2) is 0 Å². The second-order valence-electron chi connectivity index (χ2n) is 24.1. The van der Waals surface area contributed by atoms with Crippen LogP contribution >= 0.6 is 21.6 Å². The first kappa shape index (κ1) is 76.1. The standard InChI is InChI=1S/C65H90N14O15S2/c1-37(2)56-65(94)75-48(32-39-18-22-42(81)23-19-39)60(89)72-45(13-7-8-27-66)58(87)69-29-9-3-4-15-53(82)71-49(33-40-34-70-44-12-6-5-11-43(40)44)62(91)73-46(24-25-55(84)85)59(88)76-50(57(68)86)35-95-96-36-51(63(92)78-56)77-61(90)47(31-38-16-20-41(80)21-17-38)74-64(93)52-14-10-30-79(52)54(83)26-28-67/h5-6,11-12,16-23,34,37,45-52,56,70,80-81H,3-4,7-10,13-15,24-33,35-36,66-67H2,1-2H3,(H2,68,86)(H,69,87)(H,71,82)(H,72,89)(H,73,91)(H,74,93)(H,75,94)(H,76,88)(H,77,90)(H,78,92)(H,84,85)/t45-,46-,47-,48-,49-,50-,51-,52+,56-/m0/s1. The van der Waals surface area contributed by atoms with E-state index >= 15 is 0 Å². The van der Waals surface area contributed by atoms with Crippen LogP contribution in [0.5, 0.6) is 11.5 Å². The molecule has 31 heteroatoms. The fourth-order valence-corrected chi connectivity index (χ4v) is 13.3. The number of carbonyl (C=O) groups excluding carboxylic acids is 11. The number of phenolic OH excluding ortho intramolecular Hbond substituents is 2. The minimum Gasteiger partial charge on any atom is -0.508 e. The molecule has 0 aliphatic carbocycles. The van der Waals surface area contributed by atoms with E-state index in [0.717, 1.165) is 32.5 Å². The molecule has 1 aromatic heterocycles.